The van der Waals surface area contributed by atoms with Crippen molar-refractivity contribution in [2.24, 2.45) is 0 Å². The first-order valence-electron chi connectivity index (χ1n) is 3.98. The van der Waals surface area contributed by atoms with Crippen molar-refractivity contribution >= 4 is 22.6 Å². The summed E-state index contributed by atoms with van der Waals surface area (Å²) in [5.74, 6) is -0.828. The van der Waals surface area contributed by atoms with Gasteiger partial charge in [0.2, 0.25) is 0 Å². The quantitative estimate of drug-likeness (QED) is 0.602. The maximum Gasteiger partial charge on any atom is 0.143 e. The highest BCUT2D eigenvalue weighted by molar-refractivity contribution is 14.1. The van der Waals surface area contributed by atoms with Crippen molar-refractivity contribution in [3.05, 3.63) is 27.3 Å². The first-order chi connectivity index (χ1) is 6.16. The average molecular weight is 296 g/mol. The predicted octanol–water partition coefficient (Wildman–Crippen LogP) is 3.11. The van der Waals surface area contributed by atoms with Gasteiger partial charge in [0.15, 0.2) is 0 Å². The number of hydrogen-bond donors (Lipinski definition) is 0. The Labute approximate surface area is 88.2 Å². The van der Waals surface area contributed by atoms with E-state index in [0.717, 1.165) is 12.8 Å². The Morgan fingerprint density at radius 3 is 2.23 bits per heavy atom. The molecule has 4 heteroatoms. The van der Waals surface area contributed by atoms with Crippen LogP contribution >= 0.6 is 22.6 Å². The molecule has 0 spiro atoms. The number of ether oxygens (including phenoxy) is 1. The van der Waals surface area contributed by atoms with Crippen molar-refractivity contribution in [1.82, 2.24) is 0 Å². The van der Waals surface area contributed by atoms with Crippen LogP contribution in [0.5, 0.6) is 5.75 Å². The smallest absolute Gasteiger partial charge is 0.143 e. The van der Waals surface area contributed by atoms with Gasteiger partial charge in [-0.1, -0.05) is 0 Å². The highest BCUT2D eigenvalue weighted by atomic mass is 127. The van der Waals surface area contributed by atoms with Gasteiger partial charge in [-0.25, -0.2) is 8.78 Å². The predicted molar refractivity (Wildman–Crippen MR) is 52.7 cm³/mol. The Balaban J connectivity index is 2.25. The van der Waals surface area contributed by atoms with Gasteiger partial charge in [0.05, 0.1) is 9.67 Å². The van der Waals surface area contributed by atoms with Crippen LogP contribution in [0.15, 0.2) is 12.1 Å². The molecule has 1 nitrogen and oxygen atoms in total. The van der Waals surface area contributed by atoms with E-state index in [1.165, 1.54) is 12.1 Å². The third-order valence-corrected chi connectivity index (χ3v) is 2.82. The molecule has 0 aliphatic heterocycles. The van der Waals surface area contributed by atoms with E-state index in [-0.39, 0.29) is 15.4 Å². The van der Waals surface area contributed by atoms with Crippen molar-refractivity contribution in [3.63, 3.8) is 0 Å². The van der Waals surface area contributed by atoms with Gasteiger partial charge < -0.3 is 4.74 Å². The van der Waals surface area contributed by atoms with E-state index in [1.807, 2.05) is 0 Å². The normalized spacial score (nSPS) is 15.9. The average Bonchev–Trinajstić information content (AvgIpc) is 2.84. The van der Waals surface area contributed by atoms with E-state index in [4.69, 9.17) is 4.74 Å². The Morgan fingerprint density at radius 1 is 1.23 bits per heavy atom. The molecule has 1 saturated carbocycles. The van der Waals surface area contributed by atoms with E-state index in [0.29, 0.717) is 0 Å². The molecule has 1 aromatic carbocycles. The second-order valence-electron chi connectivity index (χ2n) is 3.02. The van der Waals surface area contributed by atoms with E-state index in [9.17, 15) is 8.78 Å². The first kappa shape index (κ1) is 9.18. The lowest BCUT2D eigenvalue weighted by Gasteiger charge is -2.05. The van der Waals surface area contributed by atoms with Crippen molar-refractivity contribution in [3.8, 4) is 5.75 Å². The van der Waals surface area contributed by atoms with Gasteiger partial charge >= 0.3 is 0 Å². The molecule has 0 unspecified atom stereocenters. The molecule has 70 valence electrons. The summed E-state index contributed by atoms with van der Waals surface area (Å²) in [6.07, 6.45) is 2.13. The molecular weight excluding hydrogens is 289 g/mol. The van der Waals surface area contributed by atoms with Crippen LogP contribution < -0.4 is 4.74 Å². The molecule has 0 heterocycles. The topological polar surface area (TPSA) is 9.23 Å². The molecule has 1 fully saturated rings. The third-order valence-electron chi connectivity index (χ3n) is 1.78. The van der Waals surface area contributed by atoms with Crippen LogP contribution in [0.2, 0.25) is 0 Å². The Kier molecular flexibility index (Phi) is 2.40. The largest absolute Gasteiger partial charge is 0.490 e. The minimum Gasteiger partial charge on any atom is -0.490 e. The van der Waals surface area contributed by atoms with Gasteiger partial charge in [0, 0.05) is 12.1 Å². The summed E-state index contributed by atoms with van der Waals surface area (Å²) in [5.41, 5.74) is 0. The summed E-state index contributed by atoms with van der Waals surface area (Å²) < 4.78 is 31.2. The van der Waals surface area contributed by atoms with Crippen LogP contribution in [0.3, 0.4) is 0 Å². The summed E-state index contributed by atoms with van der Waals surface area (Å²) in [7, 11) is 0. The SMILES string of the molecule is Fc1cc(OC2CC2)cc(F)c1I. The van der Waals surface area contributed by atoms with Gasteiger partial charge in [-0.05, 0) is 35.4 Å². The minimum absolute atomic E-state index is 0.0146. The van der Waals surface area contributed by atoms with E-state index in [2.05, 4.69) is 0 Å². The lowest BCUT2D eigenvalue weighted by molar-refractivity contribution is 0.299. The number of halogens is 3. The molecule has 1 aliphatic carbocycles. The van der Waals surface area contributed by atoms with Crippen molar-refractivity contribution in [2.45, 2.75) is 18.9 Å². The van der Waals surface area contributed by atoms with E-state index < -0.39 is 11.6 Å². The Hall–Kier alpha value is -0.390. The van der Waals surface area contributed by atoms with Crippen LogP contribution in [0, 0.1) is 15.2 Å². The number of hydrogen-bond acceptors (Lipinski definition) is 1. The first-order valence-corrected chi connectivity index (χ1v) is 5.06. The number of benzene rings is 1. The second kappa shape index (κ2) is 3.40. The summed E-state index contributed by atoms with van der Waals surface area (Å²) in [6.45, 7) is 0. The molecule has 13 heavy (non-hydrogen) atoms. The molecule has 0 aromatic heterocycles. The molecule has 0 atom stereocenters. The molecule has 0 bridgehead atoms. The fraction of sp³-hybridized carbons (Fsp3) is 0.333. The lowest BCUT2D eigenvalue weighted by atomic mass is 10.3. The van der Waals surface area contributed by atoms with E-state index >= 15 is 0 Å². The lowest BCUT2D eigenvalue weighted by Crippen LogP contribution is -1.98. The van der Waals surface area contributed by atoms with Crippen molar-refractivity contribution < 1.29 is 13.5 Å². The van der Waals surface area contributed by atoms with Gasteiger partial charge in [0.25, 0.3) is 0 Å². The van der Waals surface area contributed by atoms with Crippen LogP contribution in [-0.4, -0.2) is 6.10 Å². The molecule has 0 N–H and O–H groups in total. The molecule has 1 aromatic rings. The monoisotopic (exact) mass is 296 g/mol. The molecule has 2 rings (SSSR count). The fourth-order valence-corrected chi connectivity index (χ4v) is 1.29. The summed E-state index contributed by atoms with van der Waals surface area (Å²) in [6, 6.07) is 2.45. The highest BCUT2D eigenvalue weighted by Crippen LogP contribution is 2.29. The van der Waals surface area contributed by atoms with Crippen LogP contribution in [0.25, 0.3) is 0 Å². The molecule has 1 aliphatic rings. The maximum absolute atomic E-state index is 13.0. The number of rotatable bonds is 2. The summed E-state index contributed by atoms with van der Waals surface area (Å²) in [4.78, 5) is 0. The van der Waals surface area contributed by atoms with Gasteiger partial charge in [-0.15, -0.1) is 0 Å². The molecule has 0 saturated heterocycles. The zero-order valence-corrected chi connectivity index (χ0v) is 8.85. The van der Waals surface area contributed by atoms with Gasteiger partial charge in [-0.3, -0.25) is 0 Å². The Bertz CT molecular complexity index is 313. The Morgan fingerprint density at radius 2 is 1.77 bits per heavy atom. The van der Waals surface area contributed by atoms with E-state index in [1.54, 1.807) is 22.6 Å². The summed E-state index contributed by atoms with van der Waals surface area (Å²) >= 11 is 1.63. The van der Waals surface area contributed by atoms with Crippen molar-refractivity contribution in [1.29, 1.82) is 0 Å². The minimum atomic E-state index is -0.559. The summed E-state index contributed by atoms with van der Waals surface area (Å²) in [5, 5.41) is 0. The van der Waals surface area contributed by atoms with Gasteiger partial charge in [-0.2, -0.15) is 0 Å². The zero-order valence-electron chi connectivity index (χ0n) is 6.69. The molecule has 0 amide bonds. The molecule has 0 radical (unpaired) electrons. The fourth-order valence-electron chi connectivity index (χ4n) is 0.979. The van der Waals surface area contributed by atoms with Gasteiger partial charge in [0.1, 0.15) is 17.4 Å². The van der Waals surface area contributed by atoms with Crippen molar-refractivity contribution in [2.75, 3.05) is 0 Å². The second-order valence-corrected chi connectivity index (χ2v) is 4.10. The molecular formula is C9H7F2IO. The van der Waals surface area contributed by atoms with Crippen LogP contribution in [0.1, 0.15) is 12.8 Å². The highest BCUT2D eigenvalue weighted by Gasteiger charge is 2.24. The maximum atomic E-state index is 13.0. The van der Waals surface area contributed by atoms with Crippen LogP contribution in [0.4, 0.5) is 8.78 Å². The third kappa shape index (κ3) is 2.10. The zero-order chi connectivity index (χ0) is 9.42. The van der Waals surface area contributed by atoms with Crippen LogP contribution in [-0.2, 0) is 0 Å². The standard InChI is InChI=1S/C9H7F2IO/c10-7-3-6(13-5-1-2-5)4-8(11)9(7)12/h3-5H,1-2H2.